The number of carbonyl (C=O) groups excluding carboxylic acids is 1. The number of ether oxygens (including phenoxy) is 2. The highest BCUT2D eigenvalue weighted by Crippen LogP contribution is 2.14. The lowest BCUT2D eigenvalue weighted by Gasteiger charge is -2.17. The van der Waals surface area contributed by atoms with Crippen LogP contribution in [-0.2, 0) is 15.9 Å². The molecule has 0 saturated heterocycles. The molecule has 3 nitrogen and oxygen atoms in total. The van der Waals surface area contributed by atoms with Gasteiger partial charge in [0.2, 0.25) is 0 Å². The van der Waals surface area contributed by atoms with Crippen molar-refractivity contribution >= 4 is 5.97 Å². The van der Waals surface area contributed by atoms with Gasteiger partial charge >= 0.3 is 5.97 Å². The van der Waals surface area contributed by atoms with E-state index in [-0.39, 0.29) is 12.1 Å². The fourth-order valence-electron chi connectivity index (χ4n) is 2.60. The first-order chi connectivity index (χ1) is 11.1. The molecule has 0 fully saturated rings. The zero-order chi connectivity index (χ0) is 17.1. The molecule has 1 aromatic rings. The third kappa shape index (κ3) is 8.17. The van der Waals surface area contributed by atoms with Crippen LogP contribution in [0.15, 0.2) is 24.3 Å². The summed E-state index contributed by atoms with van der Waals surface area (Å²) in [5.74, 6) is 0.512. The Hall–Kier alpha value is -1.35. The second-order valence-corrected chi connectivity index (χ2v) is 6.57. The summed E-state index contributed by atoms with van der Waals surface area (Å²) >= 11 is 0. The number of hydrogen-bond acceptors (Lipinski definition) is 3. The molecule has 0 saturated carbocycles. The molecule has 0 spiro atoms. The van der Waals surface area contributed by atoms with E-state index < -0.39 is 0 Å². The number of aryl methyl sites for hydroxylation is 1. The van der Waals surface area contributed by atoms with E-state index >= 15 is 0 Å². The second-order valence-electron chi connectivity index (χ2n) is 6.57. The highest BCUT2D eigenvalue weighted by atomic mass is 16.6. The number of benzene rings is 1. The van der Waals surface area contributed by atoms with Crippen molar-refractivity contribution in [2.75, 3.05) is 13.7 Å². The third-order valence-corrected chi connectivity index (χ3v) is 4.00. The average Bonchev–Trinajstić information content (AvgIpc) is 2.54. The molecule has 0 N–H and O–H groups in total. The largest absolute Gasteiger partial charge is 0.456 e. The van der Waals surface area contributed by atoms with Crippen LogP contribution in [0.2, 0.25) is 0 Å². The topological polar surface area (TPSA) is 35.5 Å². The molecule has 3 heteroatoms. The van der Waals surface area contributed by atoms with Crippen molar-refractivity contribution < 1.29 is 14.3 Å². The smallest absolute Gasteiger partial charge is 0.338 e. The van der Waals surface area contributed by atoms with Crippen molar-refractivity contribution in [2.24, 2.45) is 5.92 Å². The summed E-state index contributed by atoms with van der Waals surface area (Å²) in [6, 6.07) is 7.66. The van der Waals surface area contributed by atoms with Gasteiger partial charge in [-0.15, -0.1) is 0 Å². The molecule has 0 bridgehead atoms. The van der Waals surface area contributed by atoms with Crippen LogP contribution >= 0.6 is 0 Å². The Morgan fingerprint density at radius 3 is 2.52 bits per heavy atom. The van der Waals surface area contributed by atoms with Gasteiger partial charge in [-0.3, -0.25) is 0 Å². The van der Waals surface area contributed by atoms with Gasteiger partial charge in [0.15, 0.2) is 0 Å². The Bertz CT molecular complexity index is 454. The van der Waals surface area contributed by atoms with E-state index in [0.29, 0.717) is 12.2 Å². The Balaban J connectivity index is 2.45. The van der Waals surface area contributed by atoms with Crippen LogP contribution < -0.4 is 0 Å². The summed E-state index contributed by atoms with van der Waals surface area (Å²) < 4.78 is 10.8. The molecule has 0 amide bonds. The summed E-state index contributed by atoms with van der Waals surface area (Å²) in [5.41, 5.74) is 1.78. The summed E-state index contributed by atoms with van der Waals surface area (Å²) in [4.78, 5) is 12.3. The van der Waals surface area contributed by atoms with E-state index in [0.717, 1.165) is 30.7 Å². The lowest BCUT2D eigenvalue weighted by atomic mass is 10.0. The first kappa shape index (κ1) is 19.7. The van der Waals surface area contributed by atoms with Gasteiger partial charge < -0.3 is 9.47 Å². The molecule has 0 heterocycles. The number of hydrogen-bond donors (Lipinski definition) is 0. The van der Waals surface area contributed by atoms with Gasteiger partial charge in [-0.25, -0.2) is 4.79 Å². The summed E-state index contributed by atoms with van der Waals surface area (Å²) in [6.45, 7) is 7.04. The minimum atomic E-state index is -0.246. The van der Waals surface area contributed by atoms with Crippen LogP contribution in [0.5, 0.6) is 0 Å². The van der Waals surface area contributed by atoms with E-state index in [1.807, 2.05) is 24.3 Å². The minimum Gasteiger partial charge on any atom is -0.456 e. The Labute approximate surface area is 141 Å². The Kier molecular flexibility index (Phi) is 9.61. The van der Waals surface area contributed by atoms with Crippen molar-refractivity contribution in [3.05, 3.63) is 35.4 Å². The highest BCUT2D eigenvalue weighted by Gasteiger charge is 2.16. The van der Waals surface area contributed by atoms with E-state index in [2.05, 4.69) is 20.8 Å². The minimum absolute atomic E-state index is 0.156. The van der Waals surface area contributed by atoms with Gasteiger partial charge in [0.1, 0.15) is 6.10 Å². The number of esters is 1. The lowest BCUT2D eigenvalue weighted by Crippen LogP contribution is -2.23. The third-order valence-electron chi connectivity index (χ3n) is 4.00. The van der Waals surface area contributed by atoms with Gasteiger partial charge in [0.25, 0.3) is 0 Å². The monoisotopic (exact) mass is 320 g/mol. The maximum Gasteiger partial charge on any atom is 0.338 e. The molecule has 130 valence electrons. The standard InChI is InChI=1S/C20H32O3/c1-5-17-11-9-12-18(14-17)20(21)23-19(15-22-4)13-8-6-7-10-16(2)3/h9,11-12,14,16,19H,5-8,10,13,15H2,1-4H3. The first-order valence-electron chi connectivity index (χ1n) is 8.85. The zero-order valence-corrected chi connectivity index (χ0v) is 15.1. The van der Waals surface area contributed by atoms with Crippen LogP contribution in [0.25, 0.3) is 0 Å². The molecular formula is C20H32O3. The summed E-state index contributed by atoms with van der Waals surface area (Å²) in [7, 11) is 1.65. The van der Waals surface area contributed by atoms with E-state index in [1.54, 1.807) is 7.11 Å². The Morgan fingerprint density at radius 2 is 1.87 bits per heavy atom. The molecule has 0 aromatic heterocycles. The van der Waals surface area contributed by atoms with Crippen LogP contribution in [0, 0.1) is 5.92 Å². The SMILES string of the molecule is CCc1cccc(C(=O)OC(CCCCCC(C)C)COC)c1. The van der Waals surface area contributed by atoms with E-state index in [1.165, 1.54) is 19.3 Å². The van der Waals surface area contributed by atoms with Gasteiger partial charge in [0, 0.05) is 7.11 Å². The summed E-state index contributed by atoms with van der Waals surface area (Å²) in [6.07, 6.45) is 6.38. The van der Waals surface area contributed by atoms with Crippen molar-refractivity contribution in [2.45, 2.75) is 65.4 Å². The molecule has 0 aliphatic rings. The molecule has 0 aliphatic carbocycles. The molecular weight excluding hydrogens is 288 g/mol. The Morgan fingerprint density at radius 1 is 1.13 bits per heavy atom. The fourth-order valence-corrected chi connectivity index (χ4v) is 2.60. The number of carbonyl (C=O) groups is 1. The molecule has 1 unspecified atom stereocenters. The molecule has 1 rings (SSSR count). The summed E-state index contributed by atoms with van der Waals surface area (Å²) in [5, 5.41) is 0. The van der Waals surface area contributed by atoms with Gasteiger partial charge in [-0.1, -0.05) is 52.2 Å². The van der Waals surface area contributed by atoms with Crippen LogP contribution in [0.3, 0.4) is 0 Å². The molecule has 1 aromatic carbocycles. The molecule has 23 heavy (non-hydrogen) atoms. The van der Waals surface area contributed by atoms with Crippen molar-refractivity contribution in [1.29, 1.82) is 0 Å². The maximum absolute atomic E-state index is 12.3. The van der Waals surface area contributed by atoms with Crippen LogP contribution in [0.1, 0.15) is 68.8 Å². The van der Waals surface area contributed by atoms with Crippen LogP contribution in [-0.4, -0.2) is 25.8 Å². The van der Waals surface area contributed by atoms with E-state index in [9.17, 15) is 4.79 Å². The predicted molar refractivity (Wildman–Crippen MR) is 94.8 cm³/mol. The number of unbranched alkanes of at least 4 members (excludes halogenated alkanes) is 2. The van der Waals surface area contributed by atoms with E-state index in [4.69, 9.17) is 9.47 Å². The lowest BCUT2D eigenvalue weighted by molar-refractivity contribution is 0.00235. The number of rotatable bonds is 11. The van der Waals surface area contributed by atoms with Gasteiger partial charge in [-0.2, -0.15) is 0 Å². The number of methoxy groups -OCH3 is 1. The van der Waals surface area contributed by atoms with Crippen molar-refractivity contribution in [3.63, 3.8) is 0 Å². The fraction of sp³-hybridized carbons (Fsp3) is 0.650. The van der Waals surface area contributed by atoms with Crippen LogP contribution in [0.4, 0.5) is 0 Å². The van der Waals surface area contributed by atoms with Gasteiger partial charge in [0.05, 0.1) is 12.2 Å². The quantitative estimate of drug-likeness (QED) is 0.424. The molecule has 0 radical (unpaired) electrons. The maximum atomic E-state index is 12.3. The molecule has 0 aliphatic heterocycles. The zero-order valence-electron chi connectivity index (χ0n) is 15.1. The molecule has 1 atom stereocenters. The second kappa shape index (κ2) is 11.2. The van der Waals surface area contributed by atoms with Crippen molar-refractivity contribution in [3.8, 4) is 0 Å². The van der Waals surface area contributed by atoms with Gasteiger partial charge in [-0.05, 0) is 42.9 Å². The highest BCUT2D eigenvalue weighted by molar-refractivity contribution is 5.89. The normalized spacial score (nSPS) is 12.4. The average molecular weight is 320 g/mol. The predicted octanol–water partition coefficient (Wildman–Crippen LogP) is 5.03. The van der Waals surface area contributed by atoms with Crippen molar-refractivity contribution in [1.82, 2.24) is 0 Å². The first-order valence-corrected chi connectivity index (χ1v) is 8.85.